The third kappa shape index (κ3) is 5.65. The van der Waals surface area contributed by atoms with E-state index in [1.165, 1.54) is 0 Å². The number of nitrogens with one attached hydrogen (secondary N) is 1. The van der Waals surface area contributed by atoms with Gasteiger partial charge < -0.3 is 19.6 Å². The zero-order chi connectivity index (χ0) is 20.5. The zero-order valence-corrected chi connectivity index (χ0v) is 17.1. The summed E-state index contributed by atoms with van der Waals surface area (Å²) in [6.45, 7) is 0.931. The summed E-state index contributed by atoms with van der Waals surface area (Å²) in [7, 11) is 3.27. The van der Waals surface area contributed by atoms with E-state index in [0.29, 0.717) is 29.7 Å². The number of hydrogen-bond donors (Lipinski definition) is 1. The van der Waals surface area contributed by atoms with Gasteiger partial charge in [0.25, 0.3) is 0 Å². The predicted molar refractivity (Wildman–Crippen MR) is 116 cm³/mol. The summed E-state index contributed by atoms with van der Waals surface area (Å²) < 4.78 is 16.7. The Morgan fingerprint density at radius 3 is 2.34 bits per heavy atom. The molecule has 3 aromatic carbocycles. The van der Waals surface area contributed by atoms with Crippen molar-refractivity contribution in [2.45, 2.75) is 13.2 Å². The van der Waals surface area contributed by atoms with Gasteiger partial charge in [0.15, 0.2) is 11.5 Å². The highest BCUT2D eigenvalue weighted by molar-refractivity contribution is 6.31. The van der Waals surface area contributed by atoms with Crippen molar-refractivity contribution in [2.24, 2.45) is 5.10 Å². The fourth-order valence-corrected chi connectivity index (χ4v) is 2.94. The van der Waals surface area contributed by atoms with Crippen LogP contribution in [0.15, 0.2) is 71.8 Å². The SMILES string of the molecule is COc1ccccc1CN/N=C\c1ccc(OCc2ccccc2Cl)c(OC)c1. The lowest BCUT2D eigenvalue weighted by atomic mass is 10.2. The Bertz CT molecular complexity index is 976. The van der Waals surface area contributed by atoms with Crippen molar-refractivity contribution in [1.82, 2.24) is 5.43 Å². The lowest BCUT2D eigenvalue weighted by Crippen LogP contribution is -2.07. The van der Waals surface area contributed by atoms with Crippen molar-refractivity contribution >= 4 is 17.8 Å². The Hall–Kier alpha value is -3.18. The number of benzene rings is 3. The molecule has 3 aromatic rings. The van der Waals surface area contributed by atoms with Gasteiger partial charge in [-0.05, 0) is 35.9 Å². The van der Waals surface area contributed by atoms with E-state index >= 15 is 0 Å². The smallest absolute Gasteiger partial charge is 0.161 e. The van der Waals surface area contributed by atoms with Gasteiger partial charge in [-0.1, -0.05) is 48.0 Å². The van der Waals surface area contributed by atoms with Crippen molar-refractivity contribution in [1.29, 1.82) is 0 Å². The highest BCUT2D eigenvalue weighted by atomic mass is 35.5. The summed E-state index contributed by atoms with van der Waals surface area (Å²) in [6.07, 6.45) is 1.73. The van der Waals surface area contributed by atoms with E-state index in [-0.39, 0.29) is 0 Å². The van der Waals surface area contributed by atoms with Crippen molar-refractivity contribution in [3.8, 4) is 17.2 Å². The first-order valence-electron chi connectivity index (χ1n) is 9.13. The van der Waals surface area contributed by atoms with E-state index in [4.69, 9.17) is 25.8 Å². The fraction of sp³-hybridized carbons (Fsp3) is 0.174. The van der Waals surface area contributed by atoms with Gasteiger partial charge in [-0.15, -0.1) is 0 Å². The molecule has 0 bridgehead atoms. The molecule has 5 nitrogen and oxygen atoms in total. The summed E-state index contributed by atoms with van der Waals surface area (Å²) in [5, 5.41) is 4.96. The molecule has 29 heavy (non-hydrogen) atoms. The molecule has 0 aliphatic carbocycles. The van der Waals surface area contributed by atoms with E-state index in [1.54, 1.807) is 20.4 Å². The second-order valence-electron chi connectivity index (χ2n) is 6.20. The maximum atomic E-state index is 6.18. The van der Waals surface area contributed by atoms with Crippen LogP contribution in [-0.4, -0.2) is 20.4 Å². The minimum atomic E-state index is 0.365. The molecule has 0 unspecified atom stereocenters. The normalized spacial score (nSPS) is 10.7. The third-order valence-electron chi connectivity index (χ3n) is 4.30. The predicted octanol–water partition coefficient (Wildman–Crippen LogP) is 5.06. The first kappa shape index (κ1) is 20.6. The van der Waals surface area contributed by atoms with Gasteiger partial charge in [0.2, 0.25) is 0 Å². The van der Waals surface area contributed by atoms with Gasteiger partial charge in [-0.2, -0.15) is 5.10 Å². The molecule has 6 heteroatoms. The first-order chi connectivity index (χ1) is 14.2. The molecule has 0 spiro atoms. The van der Waals surface area contributed by atoms with Crippen LogP contribution < -0.4 is 19.6 Å². The van der Waals surface area contributed by atoms with Crippen molar-refractivity contribution in [3.05, 3.63) is 88.4 Å². The van der Waals surface area contributed by atoms with E-state index in [1.807, 2.05) is 66.7 Å². The topological polar surface area (TPSA) is 52.1 Å². The number of para-hydroxylation sites is 1. The molecule has 0 saturated carbocycles. The van der Waals surface area contributed by atoms with Gasteiger partial charge in [-0.25, -0.2) is 0 Å². The molecule has 0 aliphatic rings. The number of hydrazone groups is 1. The Morgan fingerprint density at radius 1 is 0.862 bits per heavy atom. The maximum absolute atomic E-state index is 6.18. The zero-order valence-electron chi connectivity index (χ0n) is 16.4. The number of ether oxygens (including phenoxy) is 3. The number of methoxy groups -OCH3 is 2. The van der Waals surface area contributed by atoms with Crippen LogP contribution in [0.1, 0.15) is 16.7 Å². The average Bonchev–Trinajstić information content (AvgIpc) is 2.76. The first-order valence-corrected chi connectivity index (χ1v) is 9.51. The molecular weight excluding hydrogens is 388 g/mol. The van der Waals surface area contributed by atoms with Crippen LogP contribution in [0.25, 0.3) is 0 Å². The Kier molecular flexibility index (Phi) is 7.36. The number of nitrogens with zero attached hydrogens (tertiary/aromatic N) is 1. The molecule has 0 amide bonds. The van der Waals surface area contributed by atoms with Crippen LogP contribution in [0.2, 0.25) is 5.02 Å². The van der Waals surface area contributed by atoms with Gasteiger partial charge in [0.1, 0.15) is 12.4 Å². The highest BCUT2D eigenvalue weighted by Crippen LogP contribution is 2.29. The number of hydrogen-bond acceptors (Lipinski definition) is 5. The molecule has 0 saturated heterocycles. The maximum Gasteiger partial charge on any atom is 0.161 e. The highest BCUT2D eigenvalue weighted by Gasteiger charge is 2.07. The van der Waals surface area contributed by atoms with Crippen molar-refractivity contribution < 1.29 is 14.2 Å². The van der Waals surface area contributed by atoms with Crippen LogP contribution in [0.4, 0.5) is 0 Å². The number of halogens is 1. The van der Waals surface area contributed by atoms with Gasteiger partial charge >= 0.3 is 0 Å². The average molecular weight is 411 g/mol. The van der Waals surface area contributed by atoms with Crippen LogP contribution >= 0.6 is 11.6 Å². The second-order valence-corrected chi connectivity index (χ2v) is 6.60. The third-order valence-corrected chi connectivity index (χ3v) is 4.66. The lowest BCUT2D eigenvalue weighted by molar-refractivity contribution is 0.284. The molecule has 150 valence electrons. The molecule has 0 heterocycles. The summed E-state index contributed by atoms with van der Waals surface area (Å²) in [4.78, 5) is 0. The second kappa shape index (κ2) is 10.4. The van der Waals surface area contributed by atoms with E-state index in [2.05, 4.69) is 10.5 Å². The molecule has 0 aliphatic heterocycles. The molecule has 3 rings (SSSR count). The molecule has 0 atom stereocenters. The number of rotatable bonds is 9. The van der Waals surface area contributed by atoms with E-state index in [9.17, 15) is 0 Å². The standard InChI is InChI=1S/C23H23ClN2O3/c1-27-21-10-6-4-7-18(21)15-26-25-14-17-11-12-22(23(13-17)28-2)29-16-19-8-3-5-9-20(19)24/h3-14,26H,15-16H2,1-2H3/b25-14-. The quantitative estimate of drug-likeness (QED) is 0.395. The summed E-state index contributed by atoms with van der Waals surface area (Å²) in [5.41, 5.74) is 5.88. The minimum absolute atomic E-state index is 0.365. The van der Waals surface area contributed by atoms with Crippen LogP contribution in [0, 0.1) is 0 Å². The van der Waals surface area contributed by atoms with Crippen molar-refractivity contribution in [2.75, 3.05) is 14.2 Å². The molecular formula is C23H23ClN2O3. The largest absolute Gasteiger partial charge is 0.496 e. The molecule has 0 aromatic heterocycles. The van der Waals surface area contributed by atoms with Gasteiger partial charge in [0.05, 0.1) is 27.0 Å². The van der Waals surface area contributed by atoms with Gasteiger partial charge in [-0.3, -0.25) is 0 Å². The summed E-state index contributed by atoms with van der Waals surface area (Å²) in [6, 6.07) is 21.1. The van der Waals surface area contributed by atoms with Crippen molar-refractivity contribution in [3.63, 3.8) is 0 Å². The lowest BCUT2D eigenvalue weighted by Gasteiger charge is -2.12. The Morgan fingerprint density at radius 2 is 1.59 bits per heavy atom. The minimum Gasteiger partial charge on any atom is -0.496 e. The fourth-order valence-electron chi connectivity index (χ4n) is 2.75. The monoisotopic (exact) mass is 410 g/mol. The Labute approximate surface area is 175 Å². The summed E-state index contributed by atoms with van der Waals surface area (Å²) >= 11 is 6.18. The van der Waals surface area contributed by atoms with Crippen LogP contribution in [0.3, 0.4) is 0 Å². The van der Waals surface area contributed by atoms with Crippen LogP contribution in [-0.2, 0) is 13.2 Å². The van der Waals surface area contributed by atoms with Gasteiger partial charge in [0, 0.05) is 16.1 Å². The molecule has 0 fully saturated rings. The summed E-state index contributed by atoms with van der Waals surface area (Å²) in [5.74, 6) is 2.11. The molecule has 0 radical (unpaired) electrons. The van der Waals surface area contributed by atoms with E-state index in [0.717, 1.165) is 22.4 Å². The Balaban J connectivity index is 1.60. The molecule has 1 N–H and O–H groups in total. The van der Waals surface area contributed by atoms with E-state index < -0.39 is 0 Å². The van der Waals surface area contributed by atoms with Crippen LogP contribution in [0.5, 0.6) is 17.2 Å².